The Hall–Kier alpha value is -1.02. The van der Waals surface area contributed by atoms with E-state index in [-0.39, 0.29) is 0 Å². The minimum Gasteiger partial charge on any atom is -0.384 e. The fourth-order valence-electron chi connectivity index (χ4n) is 3.26. The van der Waals surface area contributed by atoms with E-state index in [2.05, 4.69) is 55.4 Å². The Morgan fingerprint density at radius 3 is 2.68 bits per heavy atom. The van der Waals surface area contributed by atoms with Crippen LogP contribution >= 0.6 is 0 Å². The summed E-state index contributed by atoms with van der Waals surface area (Å²) in [5, 5.41) is 3.56. The molecule has 0 radical (unpaired) electrons. The van der Waals surface area contributed by atoms with Gasteiger partial charge < -0.3 is 10.2 Å². The molecule has 1 aromatic carbocycles. The van der Waals surface area contributed by atoms with E-state index in [1.807, 2.05) is 0 Å². The Balaban J connectivity index is 1.77. The lowest BCUT2D eigenvalue weighted by atomic mass is 9.85. The predicted molar refractivity (Wildman–Crippen MR) is 83.7 cm³/mol. The highest BCUT2D eigenvalue weighted by Gasteiger charge is 2.24. The van der Waals surface area contributed by atoms with Crippen LogP contribution in [0.15, 0.2) is 24.3 Å². The van der Waals surface area contributed by atoms with E-state index in [9.17, 15) is 0 Å². The Morgan fingerprint density at radius 1 is 1.21 bits per heavy atom. The zero-order valence-corrected chi connectivity index (χ0v) is 12.7. The van der Waals surface area contributed by atoms with E-state index in [1.54, 1.807) is 0 Å². The maximum absolute atomic E-state index is 3.56. The van der Waals surface area contributed by atoms with Gasteiger partial charge in [0.1, 0.15) is 0 Å². The summed E-state index contributed by atoms with van der Waals surface area (Å²) in [4.78, 5) is 2.55. The first-order chi connectivity index (χ1) is 9.18. The quantitative estimate of drug-likeness (QED) is 0.863. The van der Waals surface area contributed by atoms with Gasteiger partial charge in [-0.25, -0.2) is 0 Å². The largest absolute Gasteiger partial charge is 0.384 e. The lowest BCUT2D eigenvalue weighted by Crippen LogP contribution is -2.41. The van der Waals surface area contributed by atoms with Gasteiger partial charge >= 0.3 is 0 Å². The van der Waals surface area contributed by atoms with E-state index in [0.29, 0.717) is 0 Å². The summed E-state index contributed by atoms with van der Waals surface area (Å²) in [6, 6.07) is 9.30. The smallest absolute Gasteiger partial charge is 0.0370 e. The molecule has 0 amide bonds. The lowest BCUT2D eigenvalue weighted by Gasteiger charge is -2.36. The highest BCUT2D eigenvalue weighted by atomic mass is 15.1. The molecule has 19 heavy (non-hydrogen) atoms. The molecule has 1 saturated carbocycles. The standard InChI is InChI=1S/C17H28N2/c1-14-8-4-6-10-16(14)18-12-13-19(3)17-11-7-5-9-15(17)2/h4,6,8,10,15,17-18H,5,7,9,11-13H2,1-3H3. The van der Waals surface area contributed by atoms with E-state index in [0.717, 1.165) is 25.0 Å². The summed E-state index contributed by atoms with van der Waals surface area (Å²) in [5.41, 5.74) is 2.60. The van der Waals surface area contributed by atoms with Crippen LogP contribution < -0.4 is 5.32 Å². The van der Waals surface area contributed by atoms with Gasteiger partial charge in [0.2, 0.25) is 0 Å². The van der Waals surface area contributed by atoms with Crippen LogP contribution in [0.5, 0.6) is 0 Å². The fourth-order valence-corrected chi connectivity index (χ4v) is 3.26. The average Bonchev–Trinajstić information content (AvgIpc) is 2.41. The summed E-state index contributed by atoms with van der Waals surface area (Å²) in [5.74, 6) is 0.859. The molecule has 0 saturated heterocycles. The average molecular weight is 260 g/mol. The Morgan fingerprint density at radius 2 is 1.95 bits per heavy atom. The Labute approximate surface area is 118 Å². The second-order valence-corrected chi connectivity index (χ2v) is 6.05. The zero-order chi connectivity index (χ0) is 13.7. The molecular weight excluding hydrogens is 232 g/mol. The van der Waals surface area contributed by atoms with Gasteiger partial charge in [0.15, 0.2) is 0 Å². The summed E-state index contributed by atoms with van der Waals surface area (Å²) >= 11 is 0. The van der Waals surface area contributed by atoms with Gasteiger partial charge in [-0.05, 0) is 44.4 Å². The monoisotopic (exact) mass is 260 g/mol. The van der Waals surface area contributed by atoms with Gasteiger partial charge in [0.05, 0.1) is 0 Å². The van der Waals surface area contributed by atoms with Crippen molar-refractivity contribution in [2.45, 2.75) is 45.6 Å². The van der Waals surface area contributed by atoms with Crippen LogP contribution in [-0.2, 0) is 0 Å². The maximum atomic E-state index is 3.56. The zero-order valence-electron chi connectivity index (χ0n) is 12.7. The van der Waals surface area contributed by atoms with Crippen molar-refractivity contribution in [3.8, 4) is 0 Å². The van der Waals surface area contributed by atoms with Crippen molar-refractivity contribution < 1.29 is 0 Å². The number of nitrogens with zero attached hydrogens (tertiary/aromatic N) is 1. The number of nitrogens with one attached hydrogen (secondary N) is 1. The molecule has 1 N–H and O–H groups in total. The minimum atomic E-state index is 0.785. The molecule has 0 aromatic heterocycles. The highest BCUT2D eigenvalue weighted by Crippen LogP contribution is 2.27. The molecule has 106 valence electrons. The molecule has 1 aliphatic rings. The predicted octanol–water partition coefficient (Wildman–Crippen LogP) is 3.92. The lowest BCUT2D eigenvalue weighted by molar-refractivity contribution is 0.144. The molecule has 2 rings (SSSR count). The van der Waals surface area contributed by atoms with Gasteiger partial charge in [-0.15, -0.1) is 0 Å². The number of hydrogen-bond donors (Lipinski definition) is 1. The number of rotatable bonds is 5. The van der Waals surface area contributed by atoms with E-state index in [4.69, 9.17) is 0 Å². The van der Waals surface area contributed by atoms with Crippen LogP contribution in [0.1, 0.15) is 38.2 Å². The normalized spacial score (nSPS) is 23.6. The van der Waals surface area contributed by atoms with Gasteiger partial charge in [-0.3, -0.25) is 0 Å². The summed E-state index contributed by atoms with van der Waals surface area (Å²) in [6.07, 6.45) is 5.61. The molecule has 0 bridgehead atoms. The molecule has 1 aliphatic carbocycles. The third kappa shape index (κ3) is 3.97. The third-order valence-electron chi connectivity index (χ3n) is 4.56. The molecule has 2 atom stereocenters. The van der Waals surface area contributed by atoms with Crippen molar-refractivity contribution >= 4 is 5.69 Å². The molecule has 0 heterocycles. The second kappa shape index (κ2) is 6.95. The molecule has 1 fully saturated rings. The first-order valence-corrected chi connectivity index (χ1v) is 7.68. The number of hydrogen-bond acceptors (Lipinski definition) is 2. The van der Waals surface area contributed by atoms with Crippen LogP contribution in [0.4, 0.5) is 5.69 Å². The van der Waals surface area contributed by atoms with Crippen LogP contribution in [0.25, 0.3) is 0 Å². The van der Waals surface area contributed by atoms with Gasteiger partial charge in [0, 0.05) is 24.8 Å². The van der Waals surface area contributed by atoms with Gasteiger partial charge in [-0.1, -0.05) is 38.0 Å². The number of likely N-dealkylation sites (N-methyl/N-ethyl adjacent to an activating group) is 1. The molecule has 0 aliphatic heterocycles. The van der Waals surface area contributed by atoms with Gasteiger partial charge in [0.25, 0.3) is 0 Å². The topological polar surface area (TPSA) is 15.3 Å². The molecular formula is C17H28N2. The molecule has 2 heteroatoms. The summed E-state index contributed by atoms with van der Waals surface area (Å²) in [7, 11) is 2.28. The van der Waals surface area contributed by atoms with Crippen molar-refractivity contribution in [1.82, 2.24) is 4.90 Å². The number of anilines is 1. The van der Waals surface area contributed by atoms with Gasteiger partial charge in [-0.2, -0.15) is 0 Å². The van der Waals surface area contributed by atoms with Crippen molar-refractivity contribution in [3.05, 3.63) is 29.8 Å². The van der Waals surface area contributed by atoms with Crippen molar-refractivity contribution in [2.24, 2.45) is 5.92 Å². The minimum absolute atomic E-state index is 0.785. The summed E-state index contributed by atoms with van der Waals surface area (Å²) in [6.45, 7) is 6.73. The van der Waals surface area contributed by atoms with Crippen LogP contribution in [0.2, 0.25) is 0 Å². The Kier molecular flexibility index (Phi) is 5.26. The first-order valence-electron chi connectivity index (χ1n) is 7.68. The van der Waals surface area contributed by atoms with Crippen molar-refractivity contribution in [1.29, 1.82) is 0 Å². The Bertz CT molecular complexity index is 389. The first kappa shape index (κ1) is 14.4. The number of benzene rings is 1. The third-order valence-corrected chi connectivity index (χ3v) is 4.56. The SMILES string of the molecule is Cc1ccccc1NCCN(C)C1CCCCC1C. The van der Waals surface area contributed by atoms with Crippen LogP contribution in [0.3, 0.4) is 0 Å². The summed E-state index contributed by atoms with van der Waals surface area (Å²) < 4.78 is 0. The molecule has 2 nitrogen and oxygen atoms in total. The number of para-hydroxylation sites is 1. The highest BCUT2D eigenvalue weighted by molar-refractivity contribution is 5.50. The van der Waals surface area contributed by atoms with E-state index < -0.39 is 0 Å². The van der Waals surface area contributed by atoms with Crippen LogP contribution in [-0.4, -0.2) is 31.1 Å². The van der Waals surface area contributed by atoms with Crippen LogP contribution in [0, 0.1) is 12.8 Å². The fraction of sp³-hybridized carbons (Fsp3) is 0.647. The second-order valence-electron chi connectivity index (χ2n) is 6.05. The number of aryl methyl sites for hydroxylation is 1. The molecule has 2 unspecified atom stereocenters. The van der Waals surface area contributed by atoms with E-state index in [1.165, 1.54) is 36.9 Å². The maximum Gasteiger partial charge on any atom is 0.0370 e. The molecule has 1 aromatic rings. The van der Waals surface area contributed by atoms with Crippen molar-refractivity contribution in [3.63, 3.8) is 0 Å². The molecule has 0 spiro atoms. The van der Waals surface area contributed by atoms with E-state index >= 15 is 0 Å². The van der Waals surface area contributed by atoms with Crippen molar-refractivity contribution in [2.75, 3.05) is 25.5 Å².